The Labute approximate surface area is 182 Å². The molecule has 0 atom stereocenters. The molecule has 1 aromatic carbocycles. The van der Waals surface area contributed by atoms with Crippen molar-refractivity contribution < 1.29 is 9.59 Å². The van der Waals surface area contributed by atoms with Gasteiger partial charge in [0.2, 0.25) is 11.8 Å². The molecule has 150 valence electrons. The molecular formula is C21H20ClN3O2S2. The summed E-state index contributed by atoms with van der Waals surface area (Å²) in [5.74, 6) is -0.166. The fourth-order valence-electron chi connectivity index (χ4n) is 3.30. The fourth-order valence-corrected chi connectivity index (χ4v) is 5.24. The number of carbonyl (C=O) groups excluding carboxylic acids is 2. The van der Waals surface area contributed by atoms with Gasteiger partial charge in [-0.1, -0.05) is 29.8 Å². The van der Waals surface area contributed by atoms with Gasteiger partial charge in [0.05, 0.1) is 0 Å². The second kappa shape index (κ2) is 9.07. The van der Waals surface area contributed by atoms with Crippen molar-refractivity contribution in [2.75, 3.05) is 11.9 Å². The van der Waals surface area contributed by atoms with Gasteiger partial charge >= 0.3 is 0 Å². The lowest BCUT2D eigenvalue weighted by atomic mass is 10.1. The van der Waals surface area contributed by atoms with Crippen molar-refractivity contribution in [3.63, 3.8) is 0 Å². The molecule has 8 heteroatoms. The molecule has 3 heterocycles. The van der Waals surface area contributed by atoms with Gasteiger partial charge in [-0.3, -0.25) is 9.59 Å². The molecule has 2 amide bonds. The van der Waals surface area contributed by atoms with E-state index < -0.39 is 0 Å². The van der Waals surface area contributed by atoms with Crippen LogP contribution in [0, 0.1) is 0 Å². The molecule has 0 spiro atoms. The quantitative estimate of drug-likeness (QED) is 0.595. The third kappa shape index (κ3) is 5.04. The first-order valence-electron chi connectivity index (χ1n) is 9.39. The zero-order valence-electron chi connectivity index (χ0n) is 15.7. The van der Waals surface area contributed by atoms with Gasteiger partial charge in [0, 0.05) is 53.3 Å². The number of halogens is 1. The maximum atomic E-state index is 12.4. The van der Waals surface area contributed by atoms with Gasteiger partial charge in [0.1, 0.15) is 0 Å². The molecule has 4 rings (SSSR count). The van der Waals surface area contributed by atoms with E-state index in [-0.39, 0.29) is 24.7 Å². The summed E-state index contributed by atoms with van der Waals surface area (Å²) in [6, 6.07) is 9.76. The summed E-state index contributed by atoms with van der Waals surface area (Å²) in [5.41, 5.74) is 2.25. The van der Waals surface area contributed by atoms with Gasteiger partial charge < -0.3 is 10.2 Å². The Morgan fingerprint density at radius 2 is 2.07 bits per heavy atom. The summed E-state index contributed by atoms with van der Waals surface area (Å²) in [6.07, 6.45) is 3.69. The van der Waals surface area contributed by atoms with Crippen LogP contribution in [0.15, 0.2) is 41.9 Å². The van der Waals surface area contributed by atoms with E-state index >= 15 is 0 Å². The number of anilines is 1. The summed E-state index contributed by atoms with van der Waals surface area (Å²) < 4.78 is 0. The van der Waals surface area contributed by atoms with Crippen LogP contribution < -0.4 is 5.32 Å². The standard InChI is InChI=1S/C21H20ClN3O2S2/c22-17-4-2-1-3-14(17)11-16-12-23-21(29-16)24-19(26)5-6-20(27)25-9-7-18-15(13-25)8-10-28-18/h1-4,8,10,12H,5-7,9,11,13H2,(H,23,24,26). The van der Waals surface area contributed by atoms with Gasteiger partial charge in [-0.25, -0.2) is 4.98 Å². The van der Waals surface area contributed by atoms with E-state index in [4.69, 9.17) is 11.6 Å². The minimum atomic E-state index is -0.190. The van der Waals surface area contributed by atoms with Crippen LogP contribution in [0.2, 0.25) is 5.02 Å². The molecule has 0 unspecified atom stereocenters. The minimum absolute atomic E-state index is 0.0237. The topological polar surface area (TPSA) is 62.3 Å². The number of thiazole rings is 1. The summed E-state index contributed by atoms with van der Waals surface area (Å²) >= 11 is 9.37. The van der Waals surface area contributed by atoms with Gasteiger partial charge in [0.15, 0.2) is 5.13 Å². The number of aromatic nitrogens is 1. The fraction of sp³-hybridized carbons (Fsp3) is 0.286. The Kier molecular flexibility index (Phi) is 6.28. The zero-order valence-corrected chi connectivity index (χ0v) is 18.1. The smallest absolute Gasteiger partial charge is 0.226 e. The SMILES string of the molecule is O=C(CCC(=O)N1CCc2sccc2C1)Nc1ncc(Cc2ccccc2Cl)s1. The summed E-state index contributed by atoms with van der Waals surface area (Å²) in [4.78, 5) is 33.2. The second-order valence-electron chi connectivity index (χ2n) is 6.88. The molecule has 0 saturated carbocycles. The molecule has 0 bridgehead atoms. The Hall–Kier alpha value is -2.22. The van der Waals surface area contributed by atoms with Crippen molar-refractivity contribution in [2.24, 2.45) is 0 Å². The highest BCUT2D eigenvalue weighted by Gasteiger charge is 2.22. The van der Waals surface area contributed by atoms with Gasteiger partial charge in [-0.05, 0) is 35.1 Å². The molecule has 29 heavy (non-hydrogen) atoms. The number of carbonyl (C=O) groups is 2. The van der Waals surface area contributed by atoms with E-state index in [1.807, 2.05) is 29.2 Å². The van der Waals surface area contributed by atoms with Crippen LogP contribution in [0.25, 0.3) is 0 Å². The first kappa shape index (κ1) is 20.1. The molecule has 0 fully saturated rings. The average molecular weight is 446 g/mol. The second-order valence-corrected chi connectivity index (χ2v) is 9.41. The van der Waals surface area contributed by atoms with Crippen LogP contribution in [0.3, 0.4) is 0 Å². The van der Waals surface area contributed by atoms with Crippen LogP contribution in [0.1, 0.15) is 33.7 Å². The van der Waals surface area contributed by atoms with Crippen LogP contribution in [0.4, 0.5) is 5.13 Å². The number of hydrogen-bond acceptors (Lipinski definition) is 5. The number of rotatable bonds is 6. The van der Waals surface area contributed by atoms with Gasteiger partial charge in [-0.2, -0.15) is 0 Å². The van der Waals surface area contributed by atoms with Crippen molar-refractivity contribution in [1.82, 2.24) is 9.88 Å². The Balaban J connectivity index is 1.25. The number of thiophene rings is 1. The lowest BCUT2D eigenvalue weighted by Crippen LogP contribution is -2.35. The lowest BCUT2D eigenvalue weighted by molar-refractivity contribution is -0.133. The average Bonchev–Trinajstić information content (AvgIpc) is 3.36. The highest BCUT2D eigenvalue weighted by Crippen LogP contribution is 2.26. The third-order valence-electron chi connectivity index (χ3n) is 4.85. The molecule has 5 nitrogen and oxygen atoms in total. The van der Waals surface area contributed by atoms with Crippen molar-refractivity contribution in [2.45, 2.75) is 32.2 Å². The van der Waals surface area contributed by atoms with Crippen LogP contribution >= 0.6 is 34.3 Å². The van der Waals surface area contributed by atoms with Crippen LogP contribution in [-0.2, 0) is 29.0 Å². The van der Waals surface area contributed by atoms with E-state index in [0.29, 0.717) is 18.1 Å². The molecule has 3 aromatic rings. The minimum Gasteiger partial charge on any atom is -0.338 e. The number of amides is 2. The van der Waals surface area contributed by atoms with E-state index in [1.54, 1.807) is 17.5 Å². The zero-order chi connectivity index (χ0) is 20.2. The van der Waals surface area contributed by atoms with Gasteiger partial charge in [-0.15, -0.1) is 22.7 Å². The first-order chi connectivity index (χ1) is 14.1. The molecule has 1 aliphatic heterocycles. The van der Waals surface area contributed by atoms with Crippen molar-refractivity contribution in [3.05, 3.63) is 67.8 Å². The van der Waals surface area contributed by atoms with Crippen LogP contribution in [-0.4, -0.2) is 28.2 Å². The molecule has 0 radical (unpaired) electrons. The third-order valence-corrected chi connectivity index (χ3v) is 7.15. The number of nitrogens with one attached hydrogen (secondary N) is 1. The highest BCUT2D eigenvalue weighted by atomic mass is 35.5. The van der Waals surface area contributed by atoms with E-state index in [1.165, 1.54) is 21.8 Å². The number of benzene rings is 1. The summed E-state index contributed by atoms with van der Waals surface area (Å²) in [6.45, 7) is 1.38. The van der Waals surface area contributed by atoms with E-state index in [9.17, 15) is 9.59 Å². The molecular weight excluding hydrogens is 426 g/mol. The Morgan fingerprint density at radius 3 is 2.93 bits per heavy atom. The monoisotopic (exact) mass is 445 g/mol. The molecule has 0 saturated heterocycles. The molecule has 0 aliphatic carbocycles. The maximum Gasteiger partial charge on any atom is 0.226 e. The van der Waals surface area contributed by atoms with Crippen molar-refractivity contribution in [3.8, 4) is 0 Å². The van der Waals surface area contributed by atoms with Crippen molar-refractivity contribution in [1.29, 1.82) is 0 Å². The maximum absolute atomic E-state index is 12.4. The predicted molar refractivity (Wildman–Crippen MR) is 118 cm³/mol. The number of fused-ring (bicyclic) bond motifs is 1. The lowest BCUT2D eigenvalue weighted by Gasteiger charge is -2.27. The largest absolute Gasteiger partial charge is 0.338 e. The highest BCUT2D eigenvalue weighted by molar-refractivity contribution is 7.15. The van der Waals surface area contributed by atoms with E-state index in [2.05, 4.69) is 21.7 Å². The number of hydrogen-bond donors (Lipinski definition) is 1. The van der Waals surface area contributed by atoms with Crippen molar-refractivity contribution >= 4 is 51.2 Å². The molecule has 2 aromatic heterocycles. The predicted octanol–water partition coefficient (Wildman–Crippen LogP) is 4.75. The van der Waals surface area contributed by atoms with E-state index in [0.717, 1.165) is 28.4 Å². The van der Waals surface area contributed by atoms with Crippen LogP contribution in [0.5, 0.6) is 0 Å². The summed E-state index contributed by atoms with van der Waals surface area (Å²) in [5, 5.41) is 6.13. The first-order valence-corrected chi connectivity index (χ1v) is 11.5. The molecule has 1 aliphatic rings. The number of nitrogens with zero attached hydrogens (tertiary/aromatic N) is 2. The van der Waals surface area contributed by atoms with Gasteiger partial charge in [0.25, 0.3) is 0 Å². The summed E-state index contributed by atoms with van der Waals surface area (Å²) in [7, 11) is 0. The Morgan fingerprint density at radius 1 is 1.21 bits per heavy atom. The normalized spacial score (nSPS) is 13.2. The molecule has 1 N–H and O–H groups in total. The Bertz CT molecular complexity index is 1030.